The van der Waals surface area contributed by atoms with Crippen molar-refractivity contribution in [2.75, 3.05) is 0 Å². The normalized spacial score (nSPS) is 20.3. The Morgan fingerprint density at radius 3 is 1.48 bits per heavy atom. The van der Waals surface area contributed by atoms with E-state index in [4.69, 9.17) is 0 Å². The van der Waals surface area contributed by atoms with Gasteiger partial charge in [0.2, 0.25) is 0 Å². The van der Waals surface area contributed by atoms with Gasteiger partial charge in [-0.3, -0.25) is 0 Å². The van der Waals surface area contributed by atoms with Gasteiger partial charge in [-0.2, -0.15) is 0 Å². The molecule has 0 amide bonds. The molecule has 0 heterocycles. The zero-order valence-electron chi connectivity index (χ0n) is 13.2. The first kappa shape index (κ1) is 18.0. The molecule has 0 saturated heterocycles. The molecule has 2 aromatic carbocycles. The minimum atomic E-state index is -0.616. The maximum absolute atomic E-state index is 2.40. The molecule has 0 aliphatic heterocycles. The van der Waals surface area contributed by atoms with Gasteiger partial charge in [0, 0.05) is 0 Å². The van der Waals surface area contributed by atoms with E-state index < -0.39 is 23.2 Å². The summed E-state index contributed by atoms with van der Waals surface area (Å²) >= 11 is -0.616. The molecule has 0 fully saturated rings. The van der Waals surface area contributed by atoms with Crippen LogP contribution >= 0.6 is 0 Å². The molecule has 0 aromatic heterocycles. The zero-order valence-corrected chi connectivity index (χ0v) is 15.6. The van der Waals surface area contributed by atoms with Crippen LogP contribution in [-0.4, -0.2) is 0 Å². The standard InChI is InChI=1S/2C10H9.2FH.Zr/c2*1-8-6-9-4-2-3-5-10(9)7-8;;;/h2*2-7H,1H3;2*1H;/q;;;;+2/p-2. The quantitative estimate of drug-likeness (QED) is 0.645. The molecule has 0 spiro atoms. The third kappa shape index (κ3) is 3.04. The molecule has 2 aliphatic rings. The van der Waals surface area contributed by atoms with Crippen molar-refractivity contribution in [2.24, 2.45) is 0 Å². The Morgan fingerprint density at radius 1 is 0.652 bits per heavy atom. The first-order chi connectivity index (χ1) is 10.2. The Kier molecular flexibility index (Phi) is 5.52. The first-order valence-electron chi connectivity index (χ1n) is 7.54. The fourth-order valence-corrected chi connectivity index (χ4v) is 8.26. The van der Waals surface area contributed by atoms with Crippen LogP contribution in [0, 0.1) is 0 Å². The summed E-state index contributed by atoms with van der Waals surface area (Å²) in [7, 11) is 0. The number of hydrogen-bond donors (Lipinski definition) is 0. The van der Waals surface area contributed by atoms with Crippen LogP contribution in [0.15, 0.2) is 59.7 Å². The number of benzene rings is 2. The van der Waals surface area contributed by atoms with Crippen molar-refractivity contribution in [3.63, 3.8) is 0 Å². The maximum atomic E-state index is 2.40. The second-order valence-corrected chi connectivity index (χ2v) is 9.72. The zero-order chi connectivity index (χ0) is 14.4. The number of halogens is 2. The number of fused-ring (bicyclic) bond motifs is 2. The summed E-state index contributed by atoms with van der Waals surface area (Å²) < 4.78 is 1.48. The number of hydrogen-bond acceptors (Lipinski definition) is 0. The molecule has 0 radical (unpaired) electrons. The fraction of sp³-hybridized carbons (Fsp3) is 0.200. The molecule has 0 N–H and O–H groups in total. The largest absolute Gasteiger partial charge is 1.00 e. The number of rotatable bonds is 2. The molecule has 2 aliphatic carbocycles. The van der Waals surface area contributed by atoms with Gasteiger partial charge in [0.25, 0.3) is 0 Å². The van der Waals surface area contributed by atoms with Gasteiger partial charge in [-0.1, -0.05) is 0 Å². The van der Waals surface area contributed by atoms with E-state index in [1.165, 1.54) is 11.1 Å². The van der Waals surface area contributed by atoms with E-state index in [2.05, 4.69) is 74.5 Å². The molecular weight excluding hydrogens is 369 g/mol. The second kappa shape index (κ2) is 7.05. The van der Waals surface area contributed by atoms with Crippen molar-refractivity contribution in [3.05, 3.63) is 81.9 Å². The smallest absolute Gasteiger partial charge is 1.00 e. The monoisotopic (exact) mass is 386 g/mol. The van der Waals surface area contributed by atoms with Gasteiger partial charge >= 0.3 is 138 Å². The summed E-state index contributed by atoms with van der Waals surface area (Å²) in [5.41, 5.74) is 9.24. The van der Waals surface area contributed by atoms with Crippen molar-refractivity contribution < 1.29 is 32.6 Å². The Morgan fingerprint density at radius 2 is 1.04 bits per heavy atom. The van der Waals surface area contributed by atoms with E-state index in [1.807, 2.05) is 0 Å². The van der Waals surface area contributed by atoms with Crippen LogP contribution in [0.5, 0.6) is 0 Å². The van der Waals surface area contributed by atoms with Crippen molar-refractivity contribution in [3.8, 4) is 0 Å². The SMILES string of the molecule is CC1=Cc2ccccc2[CH]1[Zr+2][CH]1C(C)=Cc2ccccc21.[F-].[F-]. The van der Waals surface area contributed by atoms with E-state index in [9.17, 15) is 0 Å². The van der Waals surface area contributed by atoms with Gasteiger partial charge in [-0.15, -0.1) is 0 Å². The minimum absolute atomic E-state index is 0. The summed E-state index contributed by atoms with van der Waals surface area (Å²) in [6.45, 7) is 4.65. The summed E-state index contributed by atoms with van der Waals surface area (Å²) in [6, 6.07) is 17.9. The van der Waals surface area contributed by atoms with E-state index in [1.54, 1.807) is 22.3 Å². The van der Waals surface area contributed by atoms with Crippen molar-refractivity contribution in [1.82, 2.24) is 0 Å². The van der Waals surface area contributed by atoms with Gasteiger partial charge < -0.3 is 9.41 Å². The summed E-state index contributed by atoms with van der Waals surface area (Å²) in [5, 5.41) is 0. The summed E-state index contributed by atoms with van der Waals surface area (Å²) in [4.78, 5) is 0. The molecular formula is C20H18F2Zr. The van der Waals surface area contributed by atoms with Crippen LogP contribution in [0.25, 0.3) is 12.2 Å². The molecule has 0 nitrogen and oxygen atoms in total. The van der Waals surface area contributed by atoms with Crippen molar-refractivity contribution >= 4 is 12.2 Å². The van der Waals surface area contributed by atoms with Crippen LogP contribution in [-0.2, 0) is 23.2 Å². The van der Waals surface area contributed by atoms with E-state index in [-0.39, 0.29) is 9.41 Å². The number of allylic oxidation sites excluding steroid dienone is 2. The predicted molar refractivity (Wildman–Crippen MR) is 85.7 cm³/mol. The second-order valence-electron chi connectivity index (χ2n) is 6.07. The Bertz CT molecular complexity index is 711. The van der Waals surface area contributed by atoms with Gasteiger partial charge in [-0.25, -0.2) is 0 Å². The van der Waals surface area contributed by atoms with Crippen LogP contribution in [0.4, 0.5) is 0 Å². The van der Waals surface area contributed by atoms with Crippen molar-refractivity contribution in [2.45, 2.75) is 21.1 Å². The van der Waals surface area contributed by atoms with Crippen LogP contribution in [0.2, 0.25) is 0 Å². The van der Waals surface area contributed by atoms with Gasteiger partial charge in [0.1, 0.15) is 0 Å². The summed E-state index contributed by atoms with van der Waals surface area (Å²) in [6.07, 6.45) is 4.81. The predicted octanol–water partition coefficient (Wildman–Crippen LogP) is -0.607. The van der Waals surface area contributed by atoms with Crippen LogP contribution in [0.3, 0.4) is 0 Å². The molecule has 2 unspecified atom stereocenters. The average Bonchev–Trinajstić information content (AvgIpc) is 2.97. The third-order valence-electron chi connectivity index (χ3n) is 4.62. The van der Waals surface area contributed by atoms with Crippen LogP contribution < -0.4 is 9.41 Å². The molecule has 4 rings (SSSR count). The Labute approximate surface area is 147 Å². The molecule has 3 heteroatoms. The molecule has 2 aromatic rings. The molecule has 0 bridgehead atoms. The van der Waals surface area contributed by atoms with Gasteiger partial charge in [-0.05, 0) is 0 Å². The maximum Gasteiger partial charge on any atom is -1.00 e. The topological polar surface area (TPSA) is 0 Å². The average molecular weight is 388 g/mol. The van der Waals surface area contributed by atoms with E-state index >= 15 is 0 Å². The molecule has 0 saturated carbocycles. The summed E-state index contributed by atoms with van der Waals surface area (Å²) in [5.74, 6) is 0. The fourth-order valence-electron chi connectivity index (χ4n) is 3.57. The molecule has 23 heavy (non-hydrogen) atoms. The van der Waals surface area contributed by atoms with E-state index in [0.717, 1.165) is 7.25 Å². The van der Waals surface area contributed by atoms with Crippen LogP contribution in [0.1, 0.15) is 43.4 Å². The Hall–Kier alpha value is -1.34. The molecule has 116 valence electrons. The first-order valence-corrected chi connectivity index (χ1v) is 10.4. The Balaban J connectivity index is 0.000000960. The molecule has 2 atom stereocenters. The van der Waals surface area contributed by atoms with Crippen molar-refractivity contribution in [1.29, 1.82) is 0 Å². The minimum Gasteiger partial charge on any atom is -1.00 e. The third-order valence-corrected chi connectivity index (χ3v) is 10.0. The van der Waals surface area contributed by atoms with Gasteiger partial charge in [0.05, 0.1) is 0 Å². The van der Waals surface area contributed by atoms with Gasteiger partial charge in [0.15, 0.2) is 0 Å². The van der Waals surface area contributed by atoms with E-state index in [0.29, 0.717) is 0 Å².